The van der Waals surface area contributed by atoms with E-state index in [0.29, 0.717) is 17.3 Å². The highest BCUT2D eigenvalue weighted by Crippen LogP contribution is 2.39. The lowest BCUT2D eigenvalue weighted by Gasteiger charge is -2.33. The molecule has 3 N–H and O–H groups in total. The smallest absolute Gasteiger partial charge is 0.335 e. The van der Waals surface area contributed by atoms with Gasteiger partial charge in [-0.1, -0.05) is 35.9 Å². The zero-order chi connectivity index (χ0) is 21.9. The third-order valence-electron chi connectivity index (χ3n) is 6.08. The van der Waals surface area contributed by atoms with E-state index in [1.807, 2.05) is 43.1 Å². The van der Waals surface area contributed by atoms with Gasteiger partial charge >= 0.3 is 5.69 Å². The van der Waals surface area contributed by atoms with E-state index in [0.717, 1.165) is 38.7 Å². The van der Waals surface area contributed by atoms with Crippen LogP contribution in [0.3, 0.4) is 0 Å². The molecule has 1 atom stereocenters. The molecule has 0 saturated carbocycles. The van der Waals surface area contributed by atoms with Crippen LogP contribution in [0.25, 0.3) is 16.6 Å². The number of aromatic hydroxyl groups is 1. The maximum atomic E-state index is 12.9. The summed E-state index contributed by atoms with van der Waals surface area (Å²) in [5.74, 6) is -0.392. The van der Waals surface area contributed by atoms with E-state index in [1.54, 1.807) is 18.2 Å². The predicted molar refractivity (Wildman–Crippen MR) is 121 cm³/mol. The highest BCUT2D eigenvalue weighted by atomic mass is 35.5. The topological polar surface area (TPSA) is 94.1 Å². The quantitative estimate of drug-likeness (QED) is 0.449. The zero-order valence-corrected chi connectivity index (χ0v) is 17.8. The molecular formula is C23H21ClN4O3. The molecule has 0 radical (unpaired) electrons. The van der Waals surface area contributed by atoms with Crippen molar-refractivity contribution in [1.82, 2.24) is 19.4 Å². The Labute approximate surface area is 182 Å². The first-order valence-electron chi connectivity index (χ1n) is 10.0. The number of para-hydroxylation sites is 1. The van der Waals surface area contributed by atoms with Gasteiger partial charge in [-0.2, -0.15) is 0 Å². The molecular weight excluding hydrogens is 416 g/mol. The molecule has 8 heteroatoms. The van der Waals surface area contributed by atoms with E-state index < -0.39 is 23.2 Å². The third-order valence-corrected chi connectivity index (χ3v) is 6.49. The maximum Gasteiger partial charge on any atom is 0.335 e. The Morgan fingerprint density at radius 2 is 1.90 bits per heavy atom. The van der Waals surface area contributed by atoms with Gasteiger partial charge in [0.05, 0.1) is 11.7 Å². The number of aryl methyl sites for hydroxylation is 1. The standard InChI is InChI=1S/C23H21ClN4O3/c1-12-7-8-13(11-16(12)24)28-22(30)18(21(29)26-23(28)31)20-19-15(9-10-27(20)2)14-5-3-4-6-17(14)25-19/h3-8,11,20,25,30H,9-10H2,1-2H3,(H,26,29,31)/t20-/m1/s1. The molecule has 7 nitrogen and oxygen atoms in total. The normalized spacial score (nSPS) is 16.5. The van der Waals surface area contributed by atoms with E-state index in [4.69, 9.17) is 11.6 Å². The number of likely N-dealkylation sites (N-methyl/N-ethyl adjacent to an activating group) is 1. The largest absolute Gasteiger partial charge is 0.494 e. The summed E-state index contributed by atoms with van der Waals surface area (Å²) in [6.07, 6.45) is 0.818. The minimum absolute atomic E-state index is 0.117. The minimum atomic E-state index is -0.721. The molecule has 0 amide bonds. The van der Waals surface area contributed by atoms with Gasteiger partial charge < -0.3 is 10.1 Å². The van der Waals surface area contributed by atoms with Gasteiger partial charge in [0.15, 0.2) is 0 Å². The second kappa shape index (κ2) is 7.14. The van der Waals surface area contributed by atoms with Crippen molar-refractivity contribution in [1.29, 1.82) is 0 Å². The maximum absolute atomic E-state index is 12.9. The lowest BCUT2D eigenvalue weighted by molar-refractivity contribution is 0.252. The van der Waals surface area contributed by atoms with Gasteiger partial charge in [0, 0.05) is 28.2 Å². The van der Waals surface area contributed by atoms with Crippen molar-refractivity contribution in [2.24, 2.45) is 0 Å². The van der Waals surface area contributed by atoms with E-state index in [-0.39, 0.29) is 5.56 Å². The first kappa shape index (κ1) is 19.7. The van der Waals surface area contributed by atoms with Crippen molar-refractivity contribution >= 4 is 22.5 Å². The molecule has 0 unspecified atom stereocenters. The van der Waals surface area contributed by atoms with Gasteiger partial charge in [0.25, 0.3) is 5.56 Å². The van der Waals surface area contributed by atoms with Crippen LogP contribution in [-0.4, -0.2) is 38.1 Å². The summed E-state index contributed by atoms with van der Waals surface area (Å²) in [5, 5.41) is 12.8. The van der Waals surface area contributed by atoms with E-state index in [2.05, 4.69) is 9.97 Å². The van der Waals surface area contributed by atoms with Crippen molar-refractivity contribution in [3.8, 4) is 11.6 Å². The van der Waals surface area contributed by atoms with Crippen LogP contribution in [0.15, 0.2) is 52.1 Å². The summed E-state index contributed by atoms with van der Waals surface area (Å²) in [4.78, 5) is 33.4. The number of nitrogens with one attached hydrogen (secondary N) is 2. The molecule has 5 rings (SSSR count). The molecule has 0 bridgehead atoms. The third kappa shape index (κ3) is 3.00. The number of rotatable bonds is 2. The Balaban J connectivity index is 1.77. The lowest BCUT2D eigenvalue weighted by Crippen LogP contribution is -2.39. The molecule has 0 aliphatic carbocycles. The van der Waals surface area contributed by atoms with E-state index in [9.17, 15) is 14.7 Å². The minimum Gasteiger partial charge on any atom is -0.494 e. The molecule has 2 aromatic heterocycles. The summed E-state index contributed by atoms with van der Waals surface area (Å²) in [6.45, 7) is 2.55. The highest BCUT2D eigenvalue weighted by molar-refractivity contribution is 6.31. The van der Waals surface area contributed by atoms with Crippen LogP contribution in [0.2, 0.25) is 5.02 Å². The summed E-state index contributed by atoms with van der Waals surface area (Å²) in [7, 11) is 1.90. The lowest BCUT2D eigenvalue weighted by atomic mass is 9.94. The summed E-state index contributed by atoms with van der Waals surface area (Å²) < 4.78 is 1.09. The first-order valence-corrected chi connectivity index (χ1v) is 10.4. The molecule has 0 saturated heterocycles. The summed E-state index contributed by atoms with van der Waals surface area (Å²) in [6, 6.07) is 12.5. The first-order chi connectivity index (χ1) is 14.9. The van der Waals surface area contributed by atoms with Crippen molar-refractivity contribution in [2.45, 2.75) is 19.4 Å². The van der Waals surface area contributed by atoms with Gasteiger partial charge in [-0.05, 0) is 49.7 Å². The highest BCUT2D eigenvalue weighted by Gasteiger charge is 2.34. The van der Waals surface area contributed by atoms with Crippen LogP contribution in [0.4, 0.5) is 0 Å². The van der Waals surface area contributed by atoms with Crippen LogP contribution in [0, 0.1) is 6.92 Å². The number of benzene rings is 2. The van der Waals surface area contributed by atoms with Crippen molar-refractivity contribution in [3.05, 3.63) is 90.7 Å². The van der Waals surface area contributed by atoms with Crippen LogP contribution in [-0.2, 0) is 6.42 Å². The van der Waals surface area contributed by atoms with Gasteiger partial charge in [-0.15, -0.1) is 0 Å². The number of hydrogen-bond donors (Lipinski definition) is 3. The number of aromatic amines is 2. The SMILES string of the molecule is Cc1ccc(-n2c(O)c([C@@H]3c4[nH]c5ccccc5c4CCN3C)c(=O)[nH]c2=O)cc1Cl. The molecule has 158 valence electrons. The molecule has 4 aromatic rings. The Bertz CT molecular complexity index is 1450. The van der Waals surface area contributed by atoms with E-state index >= 15 is 0 Å². The molecule has 1 aliphatic rings. The Morgan fingerprint density at radius 3 is 2.68 bits per heavy atom. The van der Waals surface area contributed by atoms with Crippen LogP contribution in [0.5, 0.6) is 5.88 Å². The second-order valence-electron chi connectivity index (χ2n) is 7.96. The van der Waals surface area contributed by atoms with Gasteiger partial charge in [0.1, 0.15) is 5.56 Å². The number of nitrogens with zero attached hydrogens (tertiary/aromatic N) is 2. The molecule has 0 fully saturated rings. The Hall–Kier alpha value is -3.29. The number of H-pyrrole nitrogens is 2. The Morgan fingerprint density at radius 1 is 1.13 bits per heavy atom. The van der Waals surface area contributed by atoms with Crippen LogP contribution >= 0.6 is 11.6 Å². The summed E-state index contributed by atoms with van der Waals surface area (Å²) in [5.41, 5.74) is 2.95. The van der Waals surface area contributed by atoms with Crippen molar-refractivity contribution in [2.75, 3.05) is 13.6 Å². The number of aromatic nitrogens is 3. The molecule has 0 spiro atoms. The molecule has 1 aliphatic heterocycles. The van der Waals surface area contributed by atoms with Crippen molar-refractivity contribution < 1.29 is 5.11 Å². The fraction of sp³-hybridized carbons (Fsp3) is 0.217. The average Bonchev–Trinajstić information content (AvgIpc) is 3.10. The van der Waals surface area contributed by atoms with Gasteiger partial charge in [-0.25, -0.2) is 9.36 Å². The predicted octanol–water partition coefficient (Wildman–Crippen LogP) is 3.25. The average molecular weight is 437 g/mol. The number of halogens is 1. The van der Waals surface area contributed by atoms with Crippen LogP contribution in [0.1, 0.15) is 28.4 Å². The fourth-order valence-electron chi connectivity index (χ4n) is 4.47. The second-order valence-corrected chi connectivity index (χ2v) is 8.37. The Kier molecular flexibility index (Phi) is 4.53. The zero-order valence-electron chi connectivity index (χ0n) is 17.1. The number of fused-ring (bicyclic) bond motifs is 3. The fourth-order valence-corrected chi connectivity index (χ4v) is 4.65. The van der Waals surface area contributed by atoms with Crippen molar-refractivity contribution in [3.63, 3.8) is 0 Å². The van der Waals surface area contributed by atoms with Crippen LogP contribution < -0.4 is 11.2 Å². The van der Waals surface area contributed by atoms with E-state index in [1.165, 1.54) is 0 Å². The van der Waals surface area contributed by atoms with Gasteiger partial charge in [0.2, 0.25) is 5.88 Å². The number of hydrogen-bond acceptors (Lipinski definition) is 4. The molecule has 2 aromatic carbocycles. The molecule has 3 heterocycles. The molecule has 31 heavy (non-hydrogen) atoms. The summed E-state index contributed by atoms with van der Waals surface area (Å²) >= 11 is 6.24. The van der Waals surface area contributed by atoms with Gasteiger partial charge in [-0.3, -0.25) is 14.7 Å². The monoisotopic (exact) mass is 436 g/mol.